The minimum atomic E-state index is -3.03. The molecular formula is C21H19F2N5O. The molecule has 1 aliphatic rings. The summed E-state index contributed by atoms with van der Waals surface area (Å²) in [5.41, 5.74) is 0.336. The van der Waals surface area contributed by atoms with Crippen LogP contribution in [0.1, 0.15) is 25.3 Å². The van der Waals surface area contributed by atoms with Gasteiger partial charge in [0.05, 0.1) is 5.52 Å². The van der Waals surface area contributed by atoms with Crippen LogP contribution in [0.4, 0.5) is 14.6 Å². The van der Waals surface area contributed by atoms with Crippen molar-refractivity contribution in [3.8, 4) is 5.82 Å². The van der Waals surface area contributed by atoms with Gasteiger partial charge in [-0.05, 0) is 43.0 Å². The zero-order valence-electron chi connectivity index (χ0n) is 15.8. The summed E-state index contributed by atoms with van der Waals surface area (Å²) in [6, 6.07) is 9.68. The Bertz CT molecular complexity index is 1280. The molecule has 6 nitrogen and oxygen atoms in total. The van der Waals surface area contributed by atoms with Crippen molar-refractivity contribution in [3.05, 3.63) is 64.8 Å². The van der Waals surface area contributed by atoms with E-state index in [4.69, 9.17) is 0 Å². The summed E-state index contributed by atoms with van der Waals surface area (Å²) in [6.45, 7) is 1.56. The van der Waals surface area contributed by atoms with Gasteiger partial charge in [0.15, 0.2) is 0 Å². The normalized spacial score (nSPS) is 14.6. The van der Waals surface area contributed by atoms with Crippen molar-refractivity contribution in [2.24, 2.45) is 5.92 Å². The largest absolute Gasteiger partial charge is 0.369 e. The molecule has 0 radical (unpaired) electrons. The second-order valence-electron chi connectivity index (χ2n) is 7.56. The van der Waals surface area contributed by atoms with E-state index in [1.807, 2.05) is 0 Å². The number of rotatable bonds is 5. The smallest absolute Gasteiger partial charge is 0.355 e. The third kappa shape index (κ3) is 3.14. The highest BCUT2D eigenvalue weighted by Gasteiger charge is 2.26. The maximum Gasteiger partial charge on any atom is 0.355 e. The number of alkyl halides is 2. The summed E-state index contributed by atoms with van der Waals surface area (Å²) in [6.07, 6.45) is 5.64. The molecule has 148 valence electrons. The van der Waals surface area contributed by atoms with Crippen LogP contribution in [0, 0.1) is 5.92 Å². The molecule has 1 fully saturated rings. The topological polar surface area (TPSA) is 64.2 Å². The highest BCUT2D eigenvalue weighted by atomic mass is 19.3. The standard InChI is InChI=1S/C21H19F2N5O/c1-21(22,23)14-7-8-15-16(11-14)28(18-4-2-3-17-24-9-10-27(17)18)20(29)26-19(15)25-12-13-5-6-13/h2-4,7-11,13H,5-6,12H2,1H3,(H,25,26,29). The fourth-order valence-corrected chi connectivity index (χ4v) is 3.53. The van der Waals surface area contributed by atoms with Gasteiger partial charge in [0.2, 0.25) is 0 Å². The van der Waals surface area contributed by atoms with Gasteiger partial charge >= 0.3 is 5.69 Å². The van der Waals surface area contributed by atoms with Gasteiger partial charge < -0.3 is 5.32 Å². The molecule has 0 bridgehead atoms. The number of benzene rings is 1. The Hall–Kier alpha value is -3.29. The van der Waals surface area contributed by atoms with E-state index in [2.05, 4.69) is 15.3 Å². The van der Waals surface area contributed by atoms with E-state index in [9.17, 15) is 13.6 Å². The summed E-state index contributed by atoms with van der Waals surface area (Å²) in [7, 11) is 0. The fraction of sp³-hybridized carbons (Fsp3) is 0.286. The van der Waals surface area contributed by atoms with E-state index in [1.54, 1.807) is 41.1 Å². The van der Waals surface area contributed by atoms with Crippen LogP contribution in [0.15, 0.2) is 53.6 Å². The number of hydrogen-bond acceptors (Lipinski definition) is 4. The Morgan fingerprint density at radius 1 is 1.24 bits per heavy atom. The SMILES string of the molecule is CC(F)(F)c1ccc2c(NCC3CC3)nc(=O)n(-c3cccc4nccn34)c2c1. The second kappa shape index (κ2) is 6.37. The zero-order valence-corrected chi connectivity index (χ0v) is 15.8. The second-order valence-corrected chi connectivity index (χ2v) is 7.56. The molecule has 0 saturated heterocycles. The third-order valence-corrected chi connectivity index (χ3v) is 5.29. The number of fused-ring (bicyclic) bond motifs is 2. The molecule has 0 amide bonds. The van der Waals surface area contributed by atoms with E-state index < -0.39 is 11.6 Å². The van der Waals surface area contributed by atoms with Crippen molar-refractivity contribution in [2.75, 3.05) is 11.9 Å². The van der Waals surface area contributed by atoms with Crippen LogP contribution in [0.5, 0.6) is 0 Å². The Kier molecular flexibility index (Phi) is 3.90. The predicted molar refractivity (Wildman–Crippen MR) is 107 cm³/mol. The molecule has 29 heavy (non-hydrogen) atoms. The minimum Gasteiger partial charge on any atom is -0.369 e. The molecular weight excluding hydrogens is 376 g/mol. The molecule has 1 aromatic carbocycles. The molecule has 1 N–H and O–H groups in total. The first-order valence-electron chi connectivity index (χ1n) is 9.53. The van der Waals surface area contributed by atoms with Crippen LogP contribution in [0.25, 0.3) is 22.4 Å². The lowest BCUT2D eigenvalue weighted by molar-refractivity contribution is 0.0176. The van der Waals surface area contributed by atoms with E-state index in [-0.39, 0.29) is 5.56 Å². The Labute approximate surface area is 164 Å². The number of pyridine rings is 1. The molecule has 3 aromatic heterocycles. The highest BCUT2D eigenvalue weighted by Crippen LogP contribution is 2.33. The lowest BCUT2D eigenvalue weighted by Crippen LogP contribution is -2.25. The maximum absolute atomic E-state index is 14.0. The van der Waals surface area contributed by atoms with Crippen LogP contribution < -0.4 is 11.0 Å². The number of imidazole rings is 1. The van der Waals surface area contributed by atoms with Crippen LogP contribution in [0.3, 0.4) is 0 Å². The number of nitrogens with zero attached hydrogens (tertiary/aromatic N) is 4. The van der Waals surface area contributed by atoms with Crippen LogP contribution in [-0.4, -0.2) is 25.5 Å². The number of halogens is 2. The Morgan fingerprint density at radius 3 is 2.83 bits per heavy atom. The third-order valence-electron chi connectivity index (χ3n) is 5.29. The predicted octanol–water partition coefficient (Wildman–Crippen LogP) is 3.97. The molecule has 0 atom stereocenters. The van der Waals surface area contributed by atoms with E-state index in [0.717, 1.165) is 19.8 Å². The van der Waals surface area contributed by atoms with Crippen molar-refractivity contribution in [1.82, 2.24) is 18.9 Å². The average molecular weight is 395 g/mol. The lowest BCUT2D eigenvalue weighted by atomic mass is 10.1. The fourth-order valence-electron chi connectivity index (χ4n) is 3.53. The summed E-state index contributed by atoms with van der Waals surface area (Å²) in [5, 5.41) is 3.85. The first-order valence-corrected chi connectivity index (χ1v) is 9.53. The quantitative estimate of drug-likeness (QED) is 0.555. The lowest BCUT2D eigenvalue weighted by Gasteiger charge is -2.17. The molecule has 8 heteroatoms. The Balaban J connectivity index is 1.80. The zero-order chi connectivity index (χ0) is 20.2. The van der Waals surface area contributed by atoms with Gasteiger partial charge in [-0.3, -0.25) is 4.40 Å². The molecule has 3 heterocycles. The van der Waals surface area contributed by atoms with Gasteiger partial charge in [-0.25, -0.2) is 23.1 Å². The van der Waals surface area contributed by atoms with Gasteiger partial charge in [-0.2, -0.15) is 4.98 Å². The van der Waals surface area contributed by atoms with Gasteiger partial charge in [-0.1, -0.05) is 12.1 Å². The van der Waals surface area contributed by atoms with Gasteiger partial charge in [0.25, 0.3) is 5.92 Å². The molecule has 4 aromatic rings. The van der Waals surface area contributed by atoms with Crippen molar-refractivity contribution >= 4 is 22.4 Å². The summed E-state index contributed by atoms with van der Waals surface area (Å²) in [5.74, 6) is -1.53. The summed E-state index contributed by atoms with van der Waals surface area (Å²) < 4.78 is 31.2. The molecule has 1 aliphatic carbocycles. The van der Waals surface area contributed by atoms with Crippen molar-refractivity contribution in [1.29, 1.82) is 0 Å². The first kappa shape index (κ1) is 17.8. The van der Waals surface area contributed by atoms with Crippen LogP contribution in [0.2, 0.25) is 0 Å². The number of nitrogens with one attached hydrogen (secondary N) is 1. The molecule has 0 unspecified atom stereocenters. The summed E-state index contributed by atoms with van der Waals surface area (Å²) >= 11 is 0. The number of hydrogen-bond donors (Lipinski definition) is 1. The molecule has 0 aliphatic heterocycles. The molecule has 1 saturated carbocycles. The highest BCUT2D eigenvalue weighted by molar-refractivity contribution is 5.90. The number of aromatic nitrogens is 4. The average Bonchev–Trinajstić information content (AvgIpc) is 3.39. The van der Waals surface area contributed by atoms with E-state index >= 15 is 0 Å². The summed E-state index contributed by atoms with van der Waals surface area (Å²) in [4.78, 5) is 21.5. The van der Waals surface area contributed by atoms with Gasteiger partial charge in [-0.15, -0.1) is 0 Å². The molecule has 5 rings (SSSR count). The van der Waals surface area contributed by atoms with Crippen molar-refractivity contribution < 1.29 is 8.78 Å². The number of anilines is 1. The monoisotopic (exact) mass is 395 g/mol. The first-order chi connectivity index (χ1) is 13.9. The van der Waals surface area contributed by atoms with E-state index in [1.165, 1.54) is 16.7 Å². The van der Waals surface area contributed by atoms with Gasteiger partial charge in [0, 0.05) is 36.8 Å². The van der Waals surface area contributed by atoms with Crippen LogP contribution in [-0.2, 0) is 5.92 Å². The van der Waals surface area contributed by atoms with Crippen molar-refractivity contribution in [2.45, 2.75) is 25.7 Å². The van der Waals surface area contributed by atoms with Gasteiger partial charge in [0.1, 0.15) is 17.3 Å². The van der Waals surface area contributed by atoms with Crippen LogP contribution >= 0.6 is 0 Å². The van der Waals surface area contributed by atoms with E-state index in [0.29, 0.717) is 40.6 Å². The minimum absolute atomic E-state index is 0.157. The molecule has 0 spiro atoms. The Morgan fingerprint density at radius 2 is 2.07 bits per heavy atom. The maximum atomic E-state index is 14.0. The van der Waals surface area contributed by atoms with Crippen molar-refractivity contribution in [3.63, 3.8) is 0 Å².